The minimum absolute atomic E-state index is 0.0536. The number of benzene rings is 2. The third-order valence-corrected chi connectivity index (χ3v) is 6.79. The fourth-order valence-electron chi connectivity index (χ4n) is 3.56. The first-order valence-corrected chi connectivity index (χ1v) is 11.6. The van der Waals surface area contributed by atoms with E-state index in [0.717, 1.165) is 43.5 Å². The van der Waals surface area contributed by atoms with Gasteiger partial charge >= 0.3 is 0 Å². The van der Waals surface area contributed by atoms with E-state index in [2.05, 4.69) is 56.7 Å². The van der Waals surface area contributed by atoms with E-state index in [1.165, 1.54) is 10.5 Å². The number of ether oxygens (including phenoxy) is 1. The molecular weight excluding hydrogens is 436 g/mol. The average molecular weight is 463 g/mol. The van der Waals surface area contributed by atoms with Gasteiger partial charge in [0.25, 0.3) is 5.91 Å². The van der Waals surface area contributed by atoms with Crippen LogP contribution in [0.3, 0.4) is 0 Å². The van der Waals surface area contributed by atoms with Gasteiger partial charge in [-0.3, -0.25) is 9.69 Å². The number of hydrogen-bond acceptors (Lipinski definition) is 4. The number of halogens is 1. The Hall–Kier alpha value is -1.50. The summed E-state index contributed by atoms with van der Waals surface area (Å²) in [4.78, 5) is 16.4. The van der Waals surface area contributed by atoms with Crippen LogP contribution < -0.4 is 10.1 Å². The molecule has 4 nitrogen and oxygen atoms in total. The number of amides is 1. The van der Waals surface area contributed by atoms with Crippen molar-refractivity contribution in [2.75, 3.05) is 33.0 Å². The van der Waals surface area contributed by atoms with Crippen LogP contribution in [0.2, 0.25) is 0 Å². The van der Waals surface area contributed by atoms with Gasteiger partial charge in [0, 0.05) is 22.5 Å². The maximum absolute atomic E-state index is 12.5. The Morgan fingerprint density at radius 2 is 2.00 bits per heavy atom. The van der Waals surface area contributed by atoms with E-state index in [4.69, 9.17) is 4.74 Å². The molecular formula is C22H27BrN2O2S. The highest BCUT2D eigenvalue weighted by Crippen LogP contribution is 2.25. The summed E-state index contributed by atoms with van der Waals surface area (Å²) in [6.45, 7) is 3.88. The quantitative estimate of drug-likeness (QED) is 0.598. The van der Waals surface area contributed by atoms with Gasteiger partial charge in [-0.25, -0.2) is 0 Å². The molecule has 0 aromatic heterocycles. The Morgan fingerprint density at radius 1 is 1.25 bits per heavy atom. The van der Waals surface area contributed by atoms with E-state index in [-0.39, 0.29) is 5.91 Å². The highest BCUT2D eigenvalue weighted by atomic mass is 79.9. The first kappa shape index (κ1) is 21.2. The molecule has 2 aromatic rings. The maximum atomic E-state index is 12.5. The van der Waals surface area contributed by atoms with Crippen molar-refractivity contribution in [3.63, 3.8) is 0 Å². The zero-order chi connectivity index (χ0) is 19.9. The van der Waals surface area contributed by atoms with Gasteiger partial charge in [-0.15, -0.1) is 11.8 Å². The predicted molar refractivity (Wildman–Crippen MR) is 119 cm³/mol. The third kappa shape index (κ3) is 5.52. The topological polar surface area (TPSA) is 41.6 Å². The standard InChI is InChI=1S/C22H27BrN2O2S/c1-27-18-7-8-20(23)19(13-18)22(26)24-14-16-9-11-25(12-10-16)15-17-5-3-4-6-21(17)28-2/h3-8,13,16H,9-12,14-15H2,1-2H3,(H,24,26). The van der Waals surface area contributed by atoms with Crippen molar-refractivity contribution < 1.29 is 9.53 Å². The summed E-state index contributed by atoms with van der Waals surface area (Å²) >= 11 is 5.26. The van der Waals surface area contributed by atoms with E-state index >= 15 is 0 Å². The molecule has 1 amide bonds. The minimum Gasteiger partial charge on any atom is -0.497 e. The molecule has 0 bridgehead atoms. The van der Waals surface area contributed by atoms with Crippen LogP contribution in [0, 0.1) is 5.92 Å². The van der Waals surface area contributed by atoms with E-state index in [9.17, 15) is 4.79 Å². The summed E-state index contributed by atoms with van der Waals surface area (Å²) in [6.07, 6.45) is 4.36. The van der Waals surface area contributed by atoms with Crippen molar-refractivity contribution in [3.05, 3.63) is 58.1 Å². The average Bonchev–Trinajstić information content (AvgIpc) is 2.73. The molecule has 0 saturated carbocycles. The highest BCUT2D eigenvalue weighted by Gasteiger charge is 2.21. The summed E-state index contributed by atoms with van der Waals surface area (Å²) < 4.78 is 6.01. The lowest BCUT2D eigenvalue weighted by molar-refractivity contribution is 0.0934. The molecule has 2 aromatic carbocycles. The van der Waals surface area contributed by atoms with Gasteiger partial charge in [-0.05, 0) is 83.9 Å². The van der Waals surface area contributed by atoms with Crippen molar-refractivity contribution in [2.45, 2.75) is 24.3 Å². The molecule has 1 heterocycles. The van der Waals surface area contributed by atoms with Crippen molar-refractivity contribution >= 4 is 33.6 Å². The second kappa shape index (κ2) is 10.3. The molecule has 0 aliphatic carbocycles. The molecule has 150 valence electrons. The van der Waals surface area contributed by atoms with Gasteiger partial charge < -0.3 is 10.1 Å². The molecule has 1 saturated heterocycles. The number of nitrogens with one attached hydrogen (secondary N) is 1. The lowest BCUT2D eigenvalue weighted by atomic mass is 9.96. The predicted octanol–water partition coefficient (Wildman–Crippen LogP) is 4.82. The summed E-state index contributed by atoms with van der Waals surface area (Å²) in [5, 5.41) is 3.10. The van der Waals surface area contributed by atoms with Crippen LogP contribution in [-0.2, 0) is 6.54 Å². The fourth-order valence-corrected chi connectivity index (χ4v) is 4.60. The Balaban J connectivity index is 1.47. The summed E-state index contributed by atoms with van der Waals surface area (Å²) in [6, 6.07) is 14.1. The van der Waals surface area contributed by atoms with E-state index in [1.54, 1.807) is 13.2 Å². The van der Waals surface area contributed by atoms with Crippen molar-refractivity contribution in [1.29, 1.82) is 0 Å². The van der Waals surface area contributed by atoms with Crippen LogP contribution in [0.15, 0.2) is 51.8 Å². The Labute approximate surface area is 180 Å². The number of carbonyl (C=O) groups is 1. The van der Waals surface area contributed by atoms with Crippen LogP contribution in [0.1, 0.15) is 28.8 Å². The van der Waals surface area contributed by atoms with Gasteiger partial charge in [-0.2, -0.15) is 0 Å². The second-order valence-electron chi connectivity index (χ2n) is 7.09. The smallest absolute Gasteiger partial charge is 0.252 e. The van der Waals surface area contributed by atoms with Gasteiger partial charge in [0.2, 0.25) is 0 Å². The Kier molecular flexibility index (Phi) is 7.82. The van der Waals surface area contributed by atoms with Crippen molar-refractivity contribution in [1.82, 2.24) is 10.2 Å². The number of nitrogens with zero attached hydrogens (tertiary/aromatic N) is 1. The molecule has 1 aliphatic heterocycles. The molecule has 1 aliphatic rings. The van der Waals surface area contributed by atoms with Crippen LogP contribution in [0.5, 0.6) is 5.75 Å². The van der Waals surface area contributed by atoms with Crippen molar-refractivity contribution in [2.24, 2.45) is 5.92 Å². The zero-order valence-electron chi connectivity index (χ0n) is 16.4. The van der Waals surface area contributed by atoms with E-state index in [1.807, 2.05) is 23.9 Å². The summed E-state index contributed by atoms with van der Waals surface area (Å²) in [7, 11) is 1.61. The van der Waals surface area contributed by atoms with Gasteiger partial charge in [0.05, 0.1) is 12.7 Å². The first-order chi connectivity index (χ1) is 13.6. The number of hydrogen-bond donors (Lipinski definition) is 1. The molecule has 3 rings (SSSR count). The molecule has 6 heteroatoms. The number of piperidine rings is 1. The number of carbonyl (C=O) groups excluding carboxylic acids is 1. The van der Waals surface area contributed by atoms with Crippen LogP contribution in [-0.4, -0.2) is 43.8 Å². The van der Waals surface area contributed by atoms with Crippen LogP contribution >= 0.6 is 27.7 Å². The second-order valence-corrected chi connectivity index (χ2v) is 8.79. The lowest BCUT2D eigenvalue weighted by Gasteiger charge is -2.32. The Bertz CT molecular complexity index is 807. The van der Waals surface area contributed by atoms with Gasteiger partial charge in [0.15, 0.2) is 0 Å². The molecule has 0 spiro atoms. The molecule has 28 heavy (non-hydrogen) atoms. The van der Waals surface area contributed by atoms with Gasteiger partial charge in [0.1, 0.15) is 5.75 Å². The van der Waals surface area contributed by atoms with Crippen molar-refractivity contribution in [3.8, 4) is 5.75 Å². The summed E-state index contributed by atoms with van der Waals surface area (Å²) in [5.74, 6) is 1.16. The number of thioether (sulfide) groups is 1. The highest BCUT2D eigenvalue weighted by molar-refractivity contribution is 9.10. The number of methoxy groups -OCH3 is 1. The van der Waals surface area contributed by atoms with E-state index in [0.29, 0.717) is 17.2 Å². The lowest BCUT2D eigenvalue weighted by Crippen LogP contribution is -2.38. The zero-order valence-corrected chi connectivity index (χ0v) is 18.8. The van der Waals surface area contributed by atoms with Crippen LogP contribution in [0.25, 0.3) is 0 Å². The number of rotatable bonds is 7. The SMILES string of the molecule is COc1ccc(Br)c(C(=O)NCC2CCN(Cc3ccccc3SC)CC2)c1. The van der Waals surface area contributed by atoms with E-state index < -0.39 is 0 Å². The molecule has 1 N–H and O–H groups in total. The molecule has 0 atom stereocenters. The molecule has 1 fully saturated rings. The number of likely N-dealkylation sites (tertiary alicyclic amines) is 1. The maximum Gasteiger partial charge on any atom is 0.252 e. The minimum atomic E-state index is -0.0536. The molecule has 0 radical (unpaired) electrons. The Morgan fingerprint density at radius 3 is 2.71 bits per heavy atom. The molecule has 0 unspecified atom stereocenters. The summed E-state index contributed by atoms with van der Waals surface area (Å²) in [5.41, 5.74) is 2.02. The monoisotopic (exact) mass is 462 g/mol. The first-order valence-electron chi connectivity index (χ1n) is 9.56. The fraction of sp³-hybridized carbons (Fsp3) is 0.409. The third-order valence-electron chi connectivity index (χ3n) is 5.26. The largest absolute Gasteiger partial charge is 0.497 e. The van der Waals surface area contributed by atoms with Gasteiger partial charge in [-0.1, -0.05) is 18.2 Å². The normalized spacial score (nSPS) is 15.4. The van der Waals surface area contributed by atoms with Crippen LogP contribution in [0.4, 0.5) is 0 Å².